The highest BCUT2D eigenvalue weighted by atomic mass is 16.6. The molecule has 1 aliphatic carbocycles. The van der Waals surface area contributed by atoms with E-state index in [2.05, 4.69) is 10.6 Å². The molecule has 3 rings (SSSR count). The summed E-state index contributed by atoms with van der Waals surface area (Å²) in [5.74, 6) is 0.0389. The van der Waals surface area contributed by atoms with Crippen molar-refractivity contribution in [2.24, 2.45) is 0 Å². The lowest BCUT2D eigenvalue weighted by Gasteiger charge is -2.43. The van der Waals surface area contributed by atoms with Gasteiger partial charge in [-0.3, -0.25) is 9.59 Å². The molecule has 0 spiro atoms. The Balaban J connectivity index is 1.93. The molecule has 1 atom stereocenters. The fraction of sp³-hybridized carbons (Fsp3) is 0.464. The number of alkyl carbamates (subject to hydrolysis) is 1. The summed E-state index contributed by atoms with van der Waals surface area (Å²) < 4.78 is 10.5. The molecule has 1 saturated carbocycles. The van der Waals surface area contributed by atoms with Gasteiger partial charge in [0.15, 0.2) is 0 Å². The largest absolute Gasteiger partial charge is 0.497 e. The molecule has 0 heterocycles. The molecule has 1 fully saturated rings. The maximum Gasteiger partial charge on any atom is 0.408 e. The second-order valence-electron chi connectivity index (χ2n) is 10.2. The number of carbonyl (C=O) groups is 3. The number of carbonyl (C=O) groups excluding carboxylic acids is 3. The maximum absolute atomic E-state index is 13.8. The van der Waals surface area contributed by atoms with E-state index in [0.717, 1.165) is 36.0 Å². The van der Waals surface area contributed by atoms with E-state index in [4.69, 9.17) is 9.47 Å². The van der Waals surface area contributed by atoms with Crippen molar-refractivity contribution in [3.8, 4) is 5.75 Å². The second kappa shape index (κ2) is 11.5. The Morgan fingerprint density at radius 2 is 1.64 bits per heavy atom. The first-order valence-corrected chi connectivity index (χ1v) is 12.3. The number of amides is 3. The van der Waals surface area contributed by atoms with E-state index in [0.29, 0.717) is 11.4 Å². The number of methoxy groups -OCH3 is 1. The van der Waals surface area contributed by atoms with Crippen molar-refractivity contribution in [1.82, 2.24) is 10.2 Å². The lowest BCUT2D eigenvalue weighted by Crippen LogP contribution is -2.53. The Morgan fingerprint density at radius 1 is 1.03 bits per heavy atom. The molecule has 0 radical (unpaired) electrons. The van der Waals surface area contributed by atoms with Gasteiger partial charge >= 0.3 is 6.09 Å². The van der Waals surface area contributed by atoms with E-state index in [-0.39, 0.29) is 24.4 Å². The smallest absolute Gasteiger partial charge is 0.408 e. The Hall–Kier alpha value is -3.55. The molecule has 2 aromatic carbocycles. The van der Waals surface area contributed by atoms with Crippen LogP contribution in [0.5, 0.6) is 5.75 Å². The molecule has 1 aliphatic rings. The first-order valence-electron chi connectivity index (χ1n) is 12.3. The summed E-state index contributed by atoms with van der Waals surface area (Å²) in [6.07, 6.45) is 1.91. The Kier molecular flexibility index (Phi) is 8.61. The van der Waals surface area contributed by atoms with Gasteiger partial charge in [-0.2, -0.15) is 0 Å². The summed E-state index contributed by atoms with van der Waals surface area (Å²) in [7, 11) is 1.58. The molecule has 36 heavy (non-hydrogen) atoms. The summed E-state index contributed by atoms with van der Waals surface area (Å²) in [4.78, 5) is 41.3. The lowest BCUT2D eigenvalue weighted by molar-refractivity contribution is -0.143. The van der Waals surface area contributed by atoms with Crippen LogP contribution in [-0.4, -0.2) is 48.1 Å². The average Bonchev–Trinajstić information content (AvgIpc) is 2.77. The third kappa shape index (κ3) is 6.77. The van der Waals surface area contributed by atoms with Gasteiger partial charge < -0.3 is 25.0 Å². The van der Waals surface area contributed by atoms with Crippen molar-refractivity contribution in [2.75, 3.05) is 19.0 Å². The third-order valence-corrected chi connectivity index (χ3v) is 6.24. The minimum absolute atomic E-state index is 0.0939. The highest BCUT2D eigenvalue weighted by molar-refractivity contribution is 5.99. The molecular weight excluding hydrogens is 458 g/mol. The van der Waals surface area contributed by atoms with E-state index in [1.54, 1.807) is 57.0 Å². The molecule has 2 N–H and O–H groups in total. The maximum atomic E-state index is 13.8. The van der Waals surface area contributed by atoms with Gasteiger partial charge in [-0.25, -0.2) is 4.79 Å². The fourth-order valence-electron chi connectivity index (χ4n) is 4.32. The highest BCUT2D eigenvalue weighted by Gasteiger charge is 2.40. The summed E-state index contributed by atoms with van der Waals surface area (Å²) >= 11 is 0. The van der Waals surface area contributed by atoms with E-state index in [9.17, 15) is 14.4 Å². The monoisotopic (exact) mass is 495 g/mol. The van der Waals surface area contributed by atoms with Crippen LogP contribution < -0.4 is 15.4 Å². The Labute approximate surface area is 213 Å². The molecular formula is C28H37N3O5. The number of ether oxygens (including phenoxy) is 2. The molecule has 0 aromatic heterocycles. The van der Waals surface area contributed by atoms with Crippen LogP contribution in [0.2, 0.25) is 0 Å². The number of aryl methyl sites for hydroxylation is 2. The van der Waals surface area contributed by atoms with Crippen LogP contribution >= 0.6 is 0 Å². The zero-order valence-corrected chi connectivity index (χ0v) is 22.0. The van der Waals surface area contributed by atoms with Crippen LogP contribution in [0.15, 0.2) is 42.5 Å². The van der Waals surface area contributed by atoms with Gasteiger partial charge in [0.25, 0.3) is 5.91 Å². The summed E-state index contributed by atoms with van der Waals surface area (Å²) in [6.45, 7) is 8.90. The molecule has 1 unspecified atom stereocenters. The van der Waals surface area contributed by atoms with Gasteiger partial charge in [-0.05, 0) is 94.8 Å². The number of hydrogen-bond acceptors (Lipinski definition) is 5. The molecule has 3 amide bonds. The van der Waals surface area contributed by atoms with Gasteiger partial charge in [-0.15, -0.1) is 0 Å². The van der Waals surface area contributed by atoms with Gasteiger partial charge in [0, 0.05) is 11.7 Å². The Morgan fingerprint density at radius 3 is 2.14 bits per heavy atom. The van der Waals surface area contributed by atoms with E-state index >= 15 is 0 Å². The number of nitrogens with one attached hydrogen (secondary N) is 2. The summed E-state index contributed by atoms with van der Waals surface area (Å²) in [6, 6.07) is 11.9. The fourth-order valence-corrected chi connectivity index (χ4v) is 4.32. The highest BCUT2D eigenvalue weighted by Crippen LogP contribution is 2.36. The van der Waals surface area contributed by atoms with Crippen LogP contribution in [0, 0.1) is 13.8 Å². The summed E-state index contributed by atoms with van der Waals surface area (Å²) in [5, 5.41) is 5.54. The summed E-state index contributed by atoms with van der Waals surface area (Å²) in [5.41, 5.74) is 2.55. The minimum atomic E-state index is -0.855. The van der Waals surface area contributed by atoms with Crippen molar-refractivity contribution >= 4 is 23.6 Å². The van der Waals surface area contributed by atoms with Gasteiger partial charge in [0.05, 0.1) is 7.11 Å². The molecule has 0 bridgehead atoms. The van der Waals surface area contributed by atoms with E-state index in [1.165, 1.54) is 0 Å². The van der Waals surface area contributed by atoms with Crippen LogP contribution in [0.25, 0.3) is 0 Å². The predicted octanol–water partition coefficient (Wildman–Crippen LogP) is 4.90. The van der Waals surface area contributed by atoms with Crippen molar-refractivity contribution in [1.29, 1.82) is 0 Å². The first-order chi connectivity index (χ1) is 17.0. The Bertz CT molecular complexity index is 1070. The third-order valence-electron chi connectivity index (χ3n) is 6.24. The van der Waals surface area contributed by atoms with Crippen LogP contribution in [-0.2, 0) is 14.3 Å². The van der Waals surface area contributed by atoms with E-state index < -0.39 is 17.7 Å². The minimum Gasteiger partial charge on any atom is -0.497 e. The van der Waals surface area contributed by atoms with Crippen molar-refractivity contribution in [3.63, 3.8) is 0 Å². The molecule has 194 valence electrons. The van der Waals surface area contributed by atoms with Crippen molar-refractivity contribution in [3.05, 3.63) is 59.2 Å². The molecule has 0 aliphatic heterocycles. The van der Waals surface area contributed by atoms with Gasteiger partial charge in [-0.1, -0.05) is 18.2 Å². The van der Waals surface area contributed by atoms with Crippen molar-refractivity contribution < 1.29 is 23.9 Å². The van der Waals surface area contributed by atoms with E-state index in [1.807, 2.05) is 32.0 Å². The second-order valence-corrected chi connectivity index (χ2v) is 10.2. The normalized spacial score (nSPS) is 14.3. The lowest BCUT2D eigenvalue weighted by atomic mass is 9.86. The number of nitrogens with zero attached hydrogens (tertiary/aromatic N) is 1. The number of anilines is 1. The zero-order valence-electron chi connectivity index (χ0n) is 22.0. The first kappa shape index (κ1) is 27.0. The molecule has 0 saturated heterocycles. The van der Waals surface area contributed by atoms with Crippen molar-refractivity contribution in [2.45, 2.75) is 71.6 Å². The molecule has 2 aromatic rings. The van der Waals surface area contributed by atoms with Crippen LogP contribution in [0.3, 0.4) is 0 Å². The SMILES string of the molecule is COc1ccc(NC(=O)C(c2c(C)cccc2C)N(C(=O)CNC(=O)OC(C)(C)C)C2CCC2)cc1. The van der Waals surface area contributed by atoms with Gasteiger partial charge in [0.1, 0.15) is 23.9 Å². The predicted molar refractivity (Wildman–Crippen MR) is 139 cm³/mol. The number of hydrogen-bond donors (Lipinski definition) is 2. The molecule has 8 nitrogen and oxygen atoms in total. The zero-order chi connectivity index (χ0) is 26.5. The average molecular weight is 496 g/mol. The van der Waals surface area contributed by atoms with Crippen LogP contribution in [0.1, 0.15) is 62.8 Å². The molecule has 8 heteroatoms. The quantitative estimate of drug-likeness (QED) is 0.543. The standard InChI is InChI=1S/C28H37N3O5/c1-18-9-7-10-19(2)24(18)25(26(33)30-20-13-15-22(35-6)16-14-20)31(21-11-8-12-21)23(32)17-29-27(34)36-28(3,4)5/h7,9-10,13-16,21,25H,8,11-12,17H2,1-6H3,(H,29,34)(H,30,33). The van der Waals surface area contributed by atoms with Crippen LogP contribution in [0.4, 0.5) is 10.5 Å². The van der Waals surface area contributed by atoms with Gasteiger partial charge in [0.2, 0.25) is 5.91 Å². The topological polar surface area (TPSA) is 97.0 Å². The number of benzene rings is 2. The number of rotatable bonds is 8.